The molecule has 7 heteroatoms. The first-order valence-corrected chi connectivity index (χ1v) is 9.36. The first kappa shape index (κ1) is 20.7. The monoisotopic (exact) mass is 376 g/mol. The number of para-hydroxylation sites is 1. The molecule has 1 heterocycles. The number of likely N-dealkylation sites (tertiary alicyclic amines) is 1. The highest BCUT2D eigenvalue weighted by Crippen LogP contribution is 2.40. The molecule has 27 heavy (non-hydrogen) atoms. The maximum atomic E-state index is 12.9. The predicted molar refractivity (Wildman–Crippen MR) is 100 cm³/mol. The van der Waals surface area contributed by atoms with Crippen LogP contribution in [-0.2, 0) is 14.4 Å². The molecule has 1 aromatic rings. The summed E-state index contributed by atoms with van der Waals surface area (Å²) in [6, 6.07) is 5.89. The summed E-state index contributed by atoms with van der Waals surface area (Å²) < 4.78 is 5.47. The van der Waals surface area contributed by atoms with E-state index in [1.165, 1.54) is 6.92 Å². The standard InChI is InChI=1S/C20H28N2O5/c1-4-5-12-22-17(23)11-10-15(19(24)21-13(2)20(25)26)18(22)14-8-6-7-9-16(14)27-3/h6-9,13,15,18H,4-5,10-12H2,1-3H3,(H,21,24)(H,25,26)/t13-,15?,18?/m1/s1. The number of hydrogen-bond acceptors (Lipinski definition) is 4. The molecule has 1 aromatic carbocycles. The number of carboxylic acid groups (broad SMARTS) is 1. The molecule has 2 N–H and O–H groups in total. The Bertz CT molecular complexity index is 691. The second kappa shape index (κ2) is 9.39. The summed E-state index contributed by atoms with van der Waals surface area (Å²) in [4.78, 5) is 38.4. The molecule has 0 radical (unpaired) electrons. The second-order valence-electron chi connectivity index (χ2n) is 6.84. The number of hydrogen-bond donors (Lipinski definition) is 2. The zero-order valence-corrected chi connectivity index (χ0v) is 16.1. The molecule has 2 rings (SSSR count). The number of piperidine rings is 1. The Labute approximate surface area is 159 Å². The van der Waals surface area contributed by atoms with Crippen LogP contribution < -0.4 is 10.1 Å². The average Bonchev–Trinajstić information content (AvgIpc) is 2.66. The zero-order valence-electron chi connectivity index (χ0n) is 16.1. The molecule has 0 saturated carbocycles. The van der Waals surface area contributed by atoms with Crippen molar-refractivity contribution in [1.82, 2.24) is 10.2 Å². The number of amides is 2. The Morgan fingerprint density at radius 2 is 2.07 bits per heavy atom. The summed E-state index contributed by atoms with van der Waals surface area (Å²) in [5, 5.41) is 11.7. The molecular formula is C20H28N2O5. The van der Waals surface area contributed by atoms with E-state index in [2.05, 4.69) is 5.32 Å². The smallest absolute Gasteiger partial charge is 0.325 e. The lowest BCUT2D eigenvalue weighted by molar-refractivity contribution is -0.147. The summed E-state index contributed by atoms with van der Waals surface area (Å²) >= 11 is 0. The minimum Gasteiger partial charge on any atom is -0.496 e. The fraction of sp³-hybridized carbons (Fsp3) is 0.550. The van der Waals surface area contributed by atoms with Crippen molar-refractivity contribution >= 4 is 17.8 Å². The van der Waals surface area contributed by atoms with Crippen LogP contribution in [0.25, 0.3) is 0 Å². The van der Waals surface area contributed by atoms with Gasteiger partial charge in [-0.1, -0.05) is 31.5 Å². The van der Waals surface area contributed by atoms with Gasteiger partial charge in [0.1, 0.15) is 11.8 Å². The Balaban J connectivity index is 2.42. The van der Waals surface area contributed by atoms with E-state index in [4.69, 9.17) is 9.84 Å². The van der Waals surface area contributed by atoms with Gasteiger partial charge in [0.15, 0.2) is 0 Å². The Hall–Kier alpha value is -2.57. The topological polar surface area (TPSA) is 95.9 Å². The minimum atomic E-state index is -1.09. The largest absolute Gasteiger partial charge is 0.496 e. The van der Waals surface area contributed by atoms with E-state index in [1.807, 2.05) is 25.1 Å². The maximum absolute atomic E-state index is 12.9. The fourth-order valence-electron chi connectivity index (χ4n) is 3.50. The maximum Gasteiger partial charge on any atom is 0.325 e. The number of nitrogens with one attached hydrogen (secondary N) is 1. The molecule has 1 aliphatic rings. The van der Waals surface area contributed by atoms with E-state index in [0.717, 1.165) is 18.4 Å². The van der Waals surface area contributed by atoms with Crippen molar-refractivity contribution in [2.75, 3.05) is 13.7 Å². The third kappa shape index (κ3) is 4.78. The molecule has 2 amide bonds. The predicted octanol–water partition coefficient (Wildman–Crippen LogP) is 2.36. The van der Waals surface area contributed by atoms with Gasteiger partial charge in [-0.15, -0.1) is 0 Å². The lowest BCUT2D eigenvalue weighted by Crippen LogP contribution is -2.50. The van der Waals surface area contributed by atoms with Gasteiger partial charge >= 0.3 is 5.97 Å². The van der Waals surface area contributed by atoms with Crippen molar-refractivity contribution < 1.29 is 24.2 Å². The number of nitrogens with zero attached hydrogens (tertiary/aromatic N) is 1. The number of ether oxygens (including phenoxy) is 1. The number of carbonyl (C=O) groups excluding carboxylic acids is 2. The van der Waals surface area contributed by atoms with Gasteiger partial charge in [0.2, 0.25) is 11.8 Å². The molecular weight excluding hydrogens is 348 g/mol. The third-order valence-electron chi connectivity index (χ3n) is 4.98. The first-order chi connectivity index (χ1) is 12.9. The highest BCUT2D eigenvalue weighted by atomic mass is 16.5. The highest BCUT2D eigenvalue weighted by molar-refractivity contribution is 5.88. The van der Waals surface area contributed by atoms with Crippen LogP contribution in [0, 0.1) is 5.92 Å². The van der Waals surface area contributed by atoms with Gasteiger partial charge in [0.25, 0.3) is 0 Å². The van der Waals surface area contributed by atoms with Gasteiger partial charge in [-0.2, -0.15) is 0 Å². The highest BCUT2D eigenvalue weighted by Gasteiger charge is 2.42. The van der Waals surface area contributed by atoms with Crippen molar-refractivity contribution in [2.45, 2.75) is 51.6 Å². The molecule has 1 fully saturated rings. The Kier molecular flexibility index (Phi) is 7.21. The number of rotatable bonds is 8. The molecule has 0 spiro atoms. The summed E-state index contributed by atoms with van der Waals surface area (Å²) in [6.45, 7) is 4.03. The zero-order chi connectivity index (χ0) is 20.0. The van der Waals surface area contributed by atoms with E-state index in [1.54, 1.807) is 18.1 Å². The van der Waals surface area contributed by atoms with Gasteiger partial charge in [0.05, 0.1) is 19.1 Å². The van der Waals surface area contributed by atoms with Crippen LogP contribution in [0.15, 0.2) is 24.3 Å². The number of aliphatic carboxylic acids is 1. The normalized spacial score (nSPS) is 20.9. The number of methoxy groups -OCH3 is 1. The van der Waals surface area contributed by atoms with Crippen LogP contribution in [0.5, 0.6) is 5.75 Å². The number of carbonyl (C=O) groups is 3. The number of benzene rings is 1. The molecule has 7 nitrogen and oxygen atoms in total. The average molecular weight is 376 g/mol. The van der Waals surface area contributed by atoms with Crippen LogP contribution >= 0.6 is 0 Å². The van der Waals surface area contributed by atoms with Gasteiger partial charge in [-0.3, -0.25) is 14.4 Å². The van der Waals surface area contributed by atoms with Gasteiger partial charge in [0, 0.05) is 18.5 Å². The molecule has 0 aliphatic carbocycles. The minimum absolute atomic E-state index is 0.00897. The molecule has 1 saturated heterocycles. The summed E-state index contributed by atoms with van der Waals surface area (Å²) in [6.07, 6.45) is 2.41. The van der Waals surface area contributed by atoms with Crippen molar-refractivity contribution in [3.63, 3.8) is 0 Å². The van der Waals surface area contributed by atoms with Crippen LogP contribution in [0.1, 0.15) is 51.1 Å². The van der Waals surface area contributed by atoms with Crippen molar-refractivity contribution in [1.29, 1.82) is 0 Å². The van der Waals surface area contributed by atoms with Crippen molar-refractivity contribution in [3.8, 4) is 5.75 Å². The lowest BCUT2D eigenvalue weighted by atomic mass is 9.82. The van der Waals surface area contributed by atoms with Crippen LogP contribution in [0.2, 0.25) is 0 Å². The molecule has 0 aromatic heterocycles. The van der Waals surface area contributed by atoms with Gasteiger partial charge < -0.3 is 20.1 Å². The van der Waals surface area contributed by atoms with Crippen LogP contribution in [0.3, 0.4) is 0 Å². The SMILES string of the molecule is CCCCN1C(=O)CCC(C(=O)N[C@H](C)C(=O)O)C1c1ccccc1OC. The molecule has 3 atom stereocenters. The Morgan fingerprint density at radius 1 is 1.37 bits per heavy atom. The molecule has 0 bridgehead atoms. The van der Waals surface area contributed by atoms with Crippen LogP contribution in [0.4, 0.5) is 0 Å². The fourth-order valence-corrected chi connectivity index (χ4v) is 3.50. The van der Waals surface area contributed by atoms with Crippen molar-refractivity contribution in [3.05, 3.63) is 29.8 Å². The summed E-state index contributed by atoms with van der Waals surface area (Å²) in [5.74, 6) is -1.35. The van der Waals surface area contributed by atoms with Crippen molar-refractivity contribution in [2.24, 2.45) is 5.92 Å². The van der Waals surface area contributed by atoms with Gasteiger partial charge in [-0.25, -0.2) is 0 Å². The summed E-state index contributed by atoms with van der Waals surface area (Å²) in [7, 11) is 1.56. The second-order valence-corrected chi connectivity index (χ2v) is 6.84. The van der Waals surface area contributed by atoms with E-state index >= 15 is 0 Å². The van der Waals surface area contributed by atoms with E-state index in [-0.39, 0.29) is 18.2 Å². The Morgan fingerprint density at radius 3 is 2.70 bits per heavy atom. The van der Waals surface area contributed by atoms with E-state index in [9.17, 15) is 14.4 Å². The summed E-state index contributed by atoms with van der Waals surface area (Å²) in [5.41, 5.74) is 0.771. The van der Waals surface area contributed by atoms with E-state index in [0.29, 0.717) is 18.7 Å². The lowest BCUT2D eigenvalue weighted by Gasteiger charge is -2.41. The third-order valence-corrected chi connectivity index (χ3v) is 4.98. The van der Waals surface area contributed by atoms with Gasteiger partial charge in [-0.05, 0) is 25.8 Å². The van der Waals surface area contributed by atoms with E-state index < -0.39 is 24.0 Å². The quantitative estimate of drug-likeness (QED) is 0.726. The van der Waals surface area contributed by atoms with Crippen LogP contribution in [-0.4, -0.2) is 47.5 Å². The molecule has 148 valence electrons. The molecule has 2 unspecified atom stereocenters. The number of carboxylic acids is 1. The first-order valence-electron chi connectivity index (χ1n) is 9.36. The number of unbranched alkanes of at least 4 members (excludes halogenated alkanes) is 1. The molecule has 1 aliphatic heterocycles.